The number of rotatable bonds is 4. The summed E-state index contributed by atoms with van der Waals surface area (Å²) < 4.78 is 0. The minimum absolute atomic E-state index is 0.00539. The monoisotopic (exact) mass is 264 g/mol. The first-order valence-corrected chi connectivity index (χ1v) is 5.34. The van der Waals surface area contributed by atoms with Crippen molar-refractivity contribution in [2.24, 2.45) is 0 Å². The van der Waals surface area contributed by atoms with Crippen molar-refractivity contribution in [3.8, 4) is 0 Å². The zero-order valence-corrected chi connectivity index (χ0v) is 9.61. The summed E-state index contributed by atoms with van der Waals surface area (Å²) in [7, 11) is 0. The Kier molecular flexibility index (Phi) is 4.56. The summed E-state index contributed by atoms with van der Waals surface area (Å²) in [5.74, 6) is -1.46. The summed E-state index contributed by atoms with van der Waals surface area (Å²) in [5, 5.41) is 28.0. The number of carbonyl (C=O) groups is 1. The highest BCUT2D eigenvalue weighted by Gasteiger charge is 2.24. The second-order valence-electron chi connectivity index (χ2n) is 3.18. The van der Waals surface area contributed by atoms with Crippen molar-refractivity contribution >= 4 is 29.2 Å². The van der Waals surface area contributed by atoms with Gasteiger partial charge in [-0.3, -0.25) is 0 Å². The zero-order valence-electron chi connectivity index (χ0n) is 8.10. The quantitative estimate of drug-likeness (QED) is 0.723. The lowest BCUT2D eigenvalue weighted by Crippen LogP contribution is -2.22. The van der Waals surface area contributed by atoms with Gasteiger partial charge in [0.05, 0.1) is 22.6 Å². The van der Waals surface area contributed by atoms with Crippen molar-refractivity contribution in [2.45, 2.75) is 12.2 Å². The van der Waals surface area contributed by atoms with Crippen LogP contribution >= 0.6 is 23.2 Å². The number of hydrogen-bond acceptors (Lipinski definition) is 3. The summed E-state index contributed by atoms with van der Waals surface area (Å²) in [4.78, 5) is 10.9. The Balaban J connectivity index is 3.22. The smallest absolute Gasteiger partial charge is 0.337 e. The van der Waals surface area contributed by atoms with Crippen LogP contribution in [0.3, 0.4) is 0 Å². The van der Waals surface area contributed by atoms with E-state index in [-0.39, 0.29) is 22.0 Å². The van der Waals surface area contributed by atoms with Crippen LogP contribution in [0.15, 0.2) is 18.2 Å². The van der Waals surface area contributed by atoms with Gasteiger partial charge in [0.15, 0.2) is 0 Å². The highest BCUT2D eigenvalue weighted by molar-refractivity contribution is 6.33. The molecule has 0 fully saturated rings. The van der Waals surface area contributed by atoms with E-state index in [0.717, 1.165) is 0 Å². The predicted octanol–water partition coefficient (Wildman–Crippen LogP) is 1.67. The Labute approximate surface area is 102 Å². The van der Waals surface area contributed by atoms with E-state index in [1.54, 1.807) is 0 Å². The molecule has 16 heavy (non-hydrogen) atoms. The van der Waals surface area contributed by atoms with Gasteiger partial charge in [-0.05, 0) is 11.6 Å². The van der Waals surface area contributed by atoms with E-state index in [2.05, 4.69) is 0 Å². The molecule has 2 atom stereocenters. The Morgan fingerprint density at radius 3 is 2.50 bits per heavy atom. The van der Waals surface area contributed by atoms with E-state index in [0.29, 0.717) is 0 Å². The topological polar surface area (TPSA) is 77.8 Å². The van der Waals surface area contributed by atoms with Gasteiger partial charge in [-0.25, -0.2) is 4.79 Å². The normalized spacial score (nSPS) is 14.5. The number of carboxylic acid groups (broad SMARTS) is 1. The van der Waals surface area contributed by atoms with Crippen LogP contribution in [0, 0.1) is 0 Å². The Morgan fingerprint density at radius 2 is 2.00 bits per heavy atom. The first-order chi connectivity index (χ1) is 7.49. The number of halogens is 2. The Hall–Kier alpha value is -0.810. The maximum absolute atomic E-state index is 10.9. The van der Waals surface area contributed by atoms with Crippen molar-refractivity contribution < 1.29 is 20.1 Å². The first kappa shape index (κ1) is 13.3. The number of aliphatic hydroxyl groups excluding tert-OH is 2. The lowest BCUT2D eigenvalue weighted by atomic mass is 9.99. The van der Waals surface area contributed by atoms with Crippen LogP contribution in [0.2, 0.25) is 5.02 Å². The molecular weight excluding hydrogens is 255 g/mol. The Bertz CT molecular complexity index is 394. The molecule has 0 aliphatic heterocycles. The first-order valence-electron chi connectivity index (χ1n) is 4.42. The molecule has 0 spiro atoms. The van der Waals surface area contributed by atoms with Gasteiger partial charge in [-0.2, -0.15) is 0 Å². The molecule has 1 aromatic rings. The second kappa shape index (κ2) is 5.50. The van der Waals surface area contributed by atoms with Crippen LogP contribution in [0.5, 0.6) is 0 Å². The number of hydrogen-bond donors (Lipinski definition) is 3. The maximum atomic E-state index is 10.9. The molecule has 6 heteroatoms. The van der Waals surface area contributed by atoms with Gasteiger partial charge in [0.25, 0.3) is 0 Å². The van der Waals surface area contributed by atoms with E-state index < -0.39 is 18.2 Å². The summed E-state index contributed by atoms with van der Waals surface area (Å²) in [6.07, 6.45) is -2.61. The van der Waals surface area contributed by atoms with Gasteiger partial charge in [0.2, 0.25) is 0 Å². The minimum atomic E-state index is -1.37. The fourth-order valence-corrected chi connectivity index (χ4v) is 1.74. The molecule has 0 aromatic heterocycles. The summed E-state index contributed by atoms with van der Waals surface area (Å²) >= 11 is 11.1. The minimum Gasteiger partial charge on any atom is -0.478 e. The highest BCUT2D eigenvalue weighted by atomic mass is 35.5. The van der Waals surface area contributed by atoms with E-state index in [4.69, 9.17) is 28.3 Å². The van der Waals surface area contributed by atoms with Crippen LogP contribution in [-0.4, -0.2) is 33.3 Å². The van der Waals surface area contributed by atoms with E-state index in [9.17, 15) is 15.0 Å². The molecule has 1 aromatic carbocycles. The van der Waals surface area contributed by atoms with Gasteiger partial charge in [-0.15, -0.1) is 11.6 Å². The molecule has 0 aliphatic carbocycles. The van der Waals surface area contributed by atoms with Crippen molar-refractivity contribution in [3.05, 3.63) is 34.3 Å². The van der Waals surface area contributed by atoms with Crippen molar-refractivity contribution in [1.82, 2.24) is 0 Å². The number of benzene rings is 1. The average molecular weight is 265 g/mol. The van der Waals surface area contributed by atoms with Crippen LogP contribution in [0.1, 0.15) is 22.0 Å². The summed E-state index contributed by atoms with van der Waals surface area (Å²) in [6, 6.07) is 4.28. The molecule has 0 saturated heterocycles. The van der Waals surface area contributed by atoms with Gasteiger partial charge >= 0.3 is 5.97 Å². The van der Waals surface area contributed by atoms with Crippen molar-refractivity contribution in [1.29, 1.82) is 0 Å². The van der Waals surface area contributed by atoms with Crippen LogP contribution < -0.4 is 0 Å². The molecule has 2 unspecified atom stereocenters. The third-order valence-electron chi connectivity index (χ3n) is 2.10. The molecule has 0 saturated carbocycles. The SMILES string of the molecule is O=C(O)c1c(Cl)cccc1C(O)C(O)CCl. The average Bonchev–Trinajstić information content (AvgIpc) is 2.26. The molecule has 0 bridgehead atoms. The molecule has 0 heterocycles. The predicted molar refractivity (Wildman–Crippen MR) is 60.1 cm³/mol. The van der Waals surface area contributed by atoms with Gasteiger partial charge in [-0.1, -0.05) is 23.7 Å². The molecular formula is C10H10Cl2O4. The number of aliphatic hydroxyl groups is 2. The summed E-state index contributed by atoms with van der Waals surface area (Å²) in [6.45, 7) is 0. The van der Waals surface area contributed by atoms with E-state index >= 15 is 0 Å². The third-order valence-corrected chi connectivity index (χ3v) is 2.73. The maximum Gasteiger partial charge on any atom is 0.337 e. The van der Waals surface area contributed by atoms with Gasteiger partial charge in [0, 0.05) is 0 Å². The Morgan fingerprint density at radius 1 is 1.38 bits per heavy atom. The standard InChI is InChI=1S/C10H10Cl2O4/c11-4-7(13)9(14)5-2-1-3-6(12)8(5)10(15)16/h1-3,7,9,13-14H,4H2,(H,15,16). The van der Waals surface area contributed by atoms with Crippen LogP contribution in [-0.2, 0) is 0 Å². The number of aromatic carboxylic acids is 1. The van der Waals surface area contributed by atoms with Crippen molar-refractivity contribution in [3.63, 3.8) is 0 Å². The molecule has 88 valence electrons. The number of alkyl halides is 1. The fraction of sp³-hybridized carbons (Fsp3) is 0.300. The van der Waals surface area contributed by atoms with Crippen LogP contribution in [0.4, 0.5) is 0 Å². The van der Waals surface area contributed by atoms with Gasteiger partial charge in [0.1, 0.15) is 6.10 Å². The largest absolute Gasteiger partial charge is 0.478 e. The highest BCUT2D eigenvalue weighted by Crippen LogP contribution is 2.27. The lowest BCUT2D eigenvalue weighted by molar-refractivity contribution is 0.0313. The zero-order chi connectivity index (χ0) is 12.3. The van der Waals surface area contributed by atoms with E-state index in [1.807, 2.05) is 0 Å². The third kappa shape index (κ3) is 2.65. The second-order valence-corrected chi connectivity index (χ2v) is 3.89. The summed E-state index contributed by atoms with van der Waals surface area (Å²) in [5.41, 5.74) is -0.172. The molecule has 3 N–H and O–H groups in total. The molecule has 4 nitrogen and oxygen atoms in total. The van der Waals surface area contributed by atoms with Gasteiger partial charge < -0.3 is 15.3 Å². The molecule has 1 rings (SSSR count). The van der Waals surface area contributed by atoms with E-state index in [1.165, 1.54) is 18.2 Å². The molecule has 0 radical (unpaired) electrons. The van der Waals surface area contributed by atoms with Crippen LogP contribution in [0.25, 0.3) is 0 Å². The fourth-order valence-electron chi connectivity index (χ4n) is 1.30. The lowest BCUT2D eigenvalue weighted by Gasteiger charge is -2.18. The van der Waals surface area contributed by atoms with Crippen molar-refractivity contribution in [2.75, 3.05) is 5.88 Å². The molecule has 0 amide bonds. The molecule has 0 aliphatic rings. The number of carboxylic acids is 1.